The monoisotopic (exact) mass is 259 g/mol. The predicted octanol–water partition coefficient (Wildman–Crippen LogP) is -1.21. The molecule has 1 fully saturated rings. The Bertz CT molecular complexity index is 351. The standard InChI is InChI=1S/C10H17N3O5/c1-6(4-7(11)14)12-9(17)13-10(8(15)16)2-3-18-5-10/h6H,2-5H2,1H3,(H2,11,14)(H,15,16)(H2,12,13,17). The summed E-state index contributed by atoms with van der Waals surface area (Å²) in [5.74, 6) is -1.68. The lowest BCUT2D eigenvalue weighted by Crippen LogP contribution is -2.58. The zero-order valence-corrected chi connectivity index (χ0v) is 10.1. The summed E-state index contributed by atoms with van der Waals surface area (Å²) >= 11 is 0. The summed E-state index contributed by atoms with van der Waals surface area (Å²) in [5.41, 5.74) is 3.59. The Morgan fingerprint density at radius 2 is 2.17 bits per heavy atom. The topological polar surface area (TPSA) is 131 Å². The molecule has 5 N–H and O–H groups in total. The van der Waals surface area contributed by atoms with Gasteiger partial charge in [-0.15, -0.1) is 0 Å². The van der Waals surface area contributed by atoms with Gasteiger partial charge in [0.05, 0.1) is 6.61 Å². The van der Waals surface area contributed by atoms with Gasteiger partial charge in [-0.05, 0) is 6.92 Å². The minimum Gasteiger partial charge on any atom is -0.479 e. The average molecular weight is 259 g/mol. The van der Waals surface area contributed by atoms with Crippen LogP contribution in [0.2, 0.25) is 0 Å². The number of carbonyl (C=O) groups excluding carboxylic acids is 2. The molecule has 8 heteroatoms. The van der Waals surface area contributed by atoms with Crippen LogP contribution >= 0.6 is 0 Å². The third-order valence-electron chi connectivity index (χ3n) is 2.67. The van der Waals surface area contributed by atoms with Crippen LogP contribution in [0.3, 0.4) is 0 Å². The third-order valence-corrected chi connectivity index (χ3v) is 2.67. The summed E-state index contributed by atoms with van der Waals surface area (Å²) in [7, 11) is 0. The number of nitrogens with two attached hydrogens (primary N) is 1. The maximum atomic E-state index is 11.6. The number of hydrogen-bond acceptors (Lipinski definition) is 4. The highest BCUT2D eigenvalue weighted by atomic mass is 16.5. The molecule has 8 nitrogen and oxygen atoms in total. The molecule has 1 heterocycles. The lowest BCUT2D eigenvalue weighted by atomic mass is 9.99. The van der Waals surface area contributed by atoms with E-state index < -0.39 is 29.5 Å². The molecule has 2 atom stereocenters. The van der Waals surface area contributed by atoms with E-state index in [1.54, 1.807) is 6.92 Å². The van der Waals surface area contributed by atoms with Crippen molar-refractivity contribution in [1.82, 2.24) is 10.6 Å². The Kier molecular flexibility index (Phi) is 4.49. The maximum Gasteiger partial charge on any atom is 0.332 e. The van der Waals surface area contributed by atoms with Gasteiger partial charge in [-0.2, -0.15) is 0 Å². The fourth-order valence-electron chi connectivity index (χ4n) is 1.72. The van der Waals surface area contributed by atoms with Crippen LogP contribution in [0.15, 0.2) is 0 Å². The SMILES string of the molecule is CC(CC(N)=O)NC(=O)NC1(C(=O)O)CCOC1. The molecule has 0 aromatic rings. The van der Waals surface area contributed by atoms with Gasteiger partial charge >= 0.3 is 12.0 Å². The Hall–Kier alpha value is -1.83. The lowest BCUT2D eigenvalue weighted by molar-refractivity contribution is -0.144. The van der Waals surface area contributed by atoms with E-state index in [4.69, 9.17) is 15.6 Å². The minimum atomic E-state index is -1.39. The fourth-order valence-corrected chi connectivity index (χ4v) is 1.72. The first kappa shape index (κ1) is 14.2. The van der Waals surface area contributed by atoms with Gasteiger partial charge in [0.2, 0.25) is 5.91 Å². The first-order valence-corrected chi connectivity index (χ1v) is 5.54. The first-order valence-electron chi connectivity index (χ1n) is 5.54. The lowest BCUT2D eigenvalue weighted by Gasteiger charge is -2.24. The van der Waals surface area contributed by atoms with Crippen LogP contribution in [-0.2, 0) is 14.3 Å². The number of carbonyl (C=O) groups is 3. The molecule has 1 aliphatic rings. The molecular weight excluding hydrogens is 242 g/mol. The van der Waals surface area contributed by atoms with E-state index in [0.717, 1.165) is 0 Å². The largest absolute Gasteiger partial charge is 0.479 e. The molecule has 0 spiro atoms. The summed E-state index contributed by atoms with van der Waals surface area (Å²) < 4.78 is 4.99. The third kappa shape index (κ3) is 3.59. The van der Waals surface area contributed by atoms with Gasteiger partial charge in [-0.3, -0.25) is 4.79 Å². The number of urea groups is 1. The maximum absolute atomic E-state index is 11.6. The van der Waals surface area contributed by atoms with Crippen molar-refractivity contribution in [3.8, 4) is 0 Å². The van der Waals surface area contributed by atoms with Crippen molar-refractivity contribution in [1.29, 1.82) is 0 Å². The molecule has 1 saturated heterocycles. The fraction of sp³-hybridized carbons (Fsp3) is 0.700. The normalized spacial score (nSPS) is 24.3. The number of carboxylic acids is 1. The highest BCUT2D eigenvalue weighted by molar-refractivity contribution is 5.87. The van der Waals surface area contributed by atoms with Gasteiger partial charge in [0.15, 0.2) is 5.54 Å². The number of aliphatic carboxylic acids is 1. The molecule has 0 radical (unpaired) electrons. The van der Waals surface area contributed by atoms with Crippen LogP contribution in [-0.4, -0.2) is 47.8 Å². The predicted molar refractivity (Wildman–Crippen MR) is 60.7 cm³/mol. The van der Waals surface area contributed by atoms with Crippen LogP contribution < -0.4 is 16.4 Å². The molecule has 0 bridgehead atoms. The van der Waals surface area contributed by atoms with Gasteiger partial charge < -0.3 is 26.2 Å². The summed E-state index contributed by atoms with van der Waals surface area (Å²) in [4.78, 5) is 33.4. The summed E-state index contributed by atoms with van der Waals surface area (Å²) in [6, 6.07) is -1.12. The van der Waals surface area contributed by atoms with Gasteiger partial charge in [-0.1, -0.05) is 0 Å². The van der Waals surface area contributed by atoms with Crippen LogP contribution in [0.5, 0.6) is 0 Å². The molecule has 2 unspecified atom stereocenters. The van der Waals surface area contributed by atoms with Crippen LogP contribution in [0.1, 0.15) is 19.8 Å². The van der Waals surface area contributed by atoms with E-state index in [2.05, 4.69) is 10.6 Å². The van der Waals surface area contributed by atoms with Crippen LogP contribution in [0.25, 0.3) is 0 Å². The highest BCUT2D eigenvalue weighted by Crippen LogP contribution is 2.18. The van der Waals surface area contributed by atoms with Crippen molar-refractivity contribution < 1.29 is 24.2 Å². The molecule has 3 amide bonds. The molecule has 0 saturated carbocycles. The van der Waals surface area contributed by atoms with Crippen molar-refractivity contribution in [3.05, 3.63) is 0 Å². The van der Waals surface area contributed by atoms with Gasteiger partial charge in [0.25, 0.3) is 0 Å². The number of amides is 3. The molecule has 1 rings (SSSR count). The summed E-state index contributed by atoms with van der Waals surface area (Å²) in [6.07, 6.45) is 0.198. The zero-order valence-electron chi connectivity index (χ0n) is 10.1. The van der Waals surface area contributed by atoms with Gasteiger partial charge in [-0.25, -0.2) is 9.59 Å². The van der Waals surface area contributed by atoms with E-state index >= 15 is 0 Å². The minimum absolute atomic E-state index is 0.00993. The molecular formula is C10H17N3O5. The van der Waals surface area contributed by atoms with Crippen molar-refractivity contribution in [3.63, 3.8) is 0 Å². The number of rotatable bonds is 5. The number of primary amides is 1. The quantitative estimate of drug-likeness (QED) is 0.492. The van der Waals surface area contributed by atoms with Crippen molar-refractivity contribution in [2.45, 2.75) is 31.3 Å². The van der Waals surface area contributed by atoms with E-state index in [-0.39, 0.29) is 26.1 Å². The van der Waals surface area contributed by atoms with E-state index in [1.807, 2.05) is 0 Å². The number of hydrogen-bond donors (Lipinski definition) is 4. The average Bonchev–Trinajstić information content (AvgIpc) is 2.65. The molecule has 0 aromatic heterocycles. The summed E-state index contributed by atoms with van der Waals surface area (Å²) in [5, 5.41) is 13.9. The second-order valence-electron chi connectivity index (χ2n) is 4.36. The van der Waals surface area contributed by atoms with E-state index in [1.165, 1.54) is 0 Å². The van der Waals surface area contributed by atoms with Crippen LogP contribution in [0.4, 0.5) is 4.79 Å². The van der Waals surface area contributed by atoms with E-state index in [9.17, 15) is 14.4 Å². The second-order valence-corrected chi connectivity index (χ2v) is 4.36. The van der Waals surface area contributed by atoms with Gasteiger partial charge in [0, 0.05) is 25.5 Å². The Morgan fingerprint density at radius 3 is 2.61 bits per heavy atom. The van der Waals surface area contributed by atoms with Crippen molar-refractivity contribution in [2.75, 3.05) is 13.2 Å². The number of nitrogens with one attached hydrogen (secondary N) is 2. The number of ether oxygens (including phenoxy) is 1. The van der Waals surface area contributed by atoms with Crippen molar-refractivity contribution in [2.24, 2.45) is 5.73 Å². The number of carboxylic acid groups (broad SMARTS) is 1. The second kappa shape index (κ2) is 5.67. The molecule has 102 valence electrons. The summed E-state index contributed by atoms with van der Waals surface area (Å²) in [6.45, 7) is 1.81. The first-order chi connectivity index (χ1) is 8.35. The Balaban J connectivity index is 2.52. The van der Waals surface area contributed by atoms with Gasteiger partial charge in [0.1, 0.15) is 0 Å². The molecule has 0 aliphatic carbocycles. The highest BCUT2D eigenvalue weighted by Gasteiger charge is 2.44. The van der Waals surface area contributed by atoms with Crippen LogP contribution in [0, 0.1) is 0 Å². The van der Waals surface area contributed by atoms with Crippen molar-refractivity contribution >= 4 is 17.9 Å². The Labute approximate surface area is 104 Å². The Morgan fingerprint density at radius 1 is 1.50 bits per heavy atom. The zero-order chi connectivity index (χ0) is 13.8. The smallest absolute Gasteiger partial charge is 0.332 e. The molecule has 1 aliphatic heterocycles. The molecule has 0 aromatic carbocycles. The molecule has 18 heavy (non-hydrogen) atoms. The van der Waals surface area contributed by atoms with E-state index in [0.29, 0.717) is 0 Å².